The number of carbonyl (C=O) groups is 2. The number of methoxy groups -OCH3 is 1. The maximum atomic E-state index is 12.4. The summed E-state index contributed by atoms with van der Waals surface area (Å²) in [5.41, 5.74) is 5.10. The quantitative estimate of drug-likeness (QED) is 0.478. The molecule has 170 valence electrons. The molecule has 0 radical (unpaired) electrons. The second-order valence-electron chi connectivity index (χ2n) is 7.95. The molecule has 1 aliphatic carbocycles. The number of aliphatic carboxylic acids is 1. The molecule has 0 fully saturated rings. The summed E-state index contributed by atoms with van der Waals surface area (Å²) >= 11 is 0. The van der Waals surface area contributed by atoms with Gasteiger partial charge in [-0.15, -0.1) is 0 Å². The highest BCUT2D eigenvalue weighted by atomic mass is 16.5. The summed E-state index contributed by atoms with van der Waals surface area (Å²) in [6.07, 6.45) is -0.531. The molecular formula is C26H25NO6. The Balaban J connectivity index is 1.36. The number of fused-ring (bicyclic) bond motifs is 3. The number of hydrogen-bond donors (Lipinski definition) is 3. The van der Waals surface area contributed by atoms with Gasteiger partial charge in [-0.05, 0) is 46.4 Å². The molecule has 33 heavy (non-hydrogen) atoms. The lowest BCUT2D eigenvalue weighted by Gasteiger charge is -2.17. The van der Waals surface area contributed by atoms with Crippen LogP contribution in [0.15, 0.2) is 66.7 Å². The summed E-state index contributed by atoms with van der Waals surface area (Å²) in [5, 5.41) is 22.0. The number of aromatic hydroxyl groups is 1. The van der Waals surface area contributed by atoms with Gasteiger partial charge in [-0.1, -0.05) is 54.6 Å². The van der Waals surface area contributed by atoms with Gasteiger partial charge >= 0.3 is 12.1 Å². The average Bonchev–Trinajstić information content (AvgIpc) is 3.14. The van der Waals surface area contributed by atoms with Crippen molar-refractivity contribution in [1.29, 1.82) is 0 Å². The van der Waals surface area contributed by atoms with Gasteiger partial charge in [-0.2, -0.15) is 0 Å². The van der Waals surface area contributed by atoms with Crippen LogP contribution in [0.2, 0.25) is 0 Å². The van der Waals surface area contributed by atoms with E-state index >= 15 is 0 Å². The van der Waals surface area contributed by atoms with E-state index in [1.54, 1.807) is 12.1 Å². The first kappa shape index (κ1) is 22.2. The van der Waals surface area contributed by atoms with Crippen LogP contribution in [-0.2, 0) is 16.0 Å². The minimum Gasteiger partial charge on any atom is -0.504 e. The van der Waals surface area contributed by atoms with E-state index in [1.807, 2.05) is 36.4 Å². The first-order valence-corrected chi connectivity index (χ1v) is 10.7. The molecule has 7 nitrogen and oxygen atoms in total. The molecule has 1 atom stereocenters. The SMILES string of the molecule is COc1ccc(CC(CNC(=O)OCC2c3ccccc3-c3ccccc32)C(=O)O)cc1O. The highest BCUT2D eigenvalue weighted by Crippen LogP contribution is 2.44. The molecule has 7 heteroatoms. The fraction of sp³-hybridized carbons (Fsp3) is 0.231. The molecule has 0 spiro atoms. The molecule has 3 N–H and O–H groups in total. The van der Waals surface area contributed by atoms with Gasteiger partial charge < -0.3 is 25.0 Å². The van der Waals surface area contributed by atoms with Crippen molar-refractivity contribution in [2.75, 3.05) is 20.3 Å². The number of carbonyl (C=O) groups excluding carboxylic acids is 1. The van der Waals surface area contributed by atoms with Crippen LogP contribution in [0, 0.1) is 5.92 Å². The summed E-state index contributed by atoms with van der Waals surface area (Å²) < 4.78 is 10.5. The predicted molar refractivity (Wildman–Crippen MR) is 123 cm³/mol. The number of phenols is 1. The molecule has 0 saturated heterocycles. The molecule has 0 aromatic heterocycles. The Bertz CT molecular complexity index is 1130. The van der Waals surface area contributed by atoms with E-state index < -0.39 is 18.0 Å². The van der Waals surface area contributed by atoms with Crippen LogP contribution in [0.25, 0.3) is 11.1 Å². The van der Waals surface area contributed by atoms with Gasteiger partial charge in [-0.3, -0.25) is 4.79 Å². The molecule has 0 heterocycles. The molecule has 1 unspecified atom stereocenters. The molecule has 3 aromatic carbocycles. The smallest absolute Gasteiger partial charge is 0.407 e. The van der Waals surface area contributed by atoms with Crippen molar-refractivity contribution in [3.05, 3.63) is 83.4 Å². The molecular weight excluding hydrogens is 422 g/mol. The lowest BCUT2D eigenvalue weighted by molar-refractivity contribution is -0.141. The average molecular weight is 447 g/mol. The van der Waals surface area contributed by atoms with E-state index in [0.29, 0.717) is 11.3 Å². The summed E-state index contributed by atoms with van der Waals surface area (Å²) in [5.74, 6) is -1.76. The minimum absolute atomic E-state index is 0.0661. The van der Waals surface area contributed by atoms with Crippen molar-refractivity contribution in [3.63, 3.8) is 0 Å². The van der Waals surface area contributed by atoms with Crippen LogP contribution < -0.4 is 10.1 Å². The maximum Gasteiger partial charge on any atom is 0.407 e. The highest BCUT2D eigenvalue weighted by Gasteiger charge is 2.29. The normalized spacial score (nSPS) is 13.0. The van der Waals surface area contributed by atoms with Crippen LogP contribution in [0.5, 0.6) is 11.5 Å². The fourth-order valence-electron chi connectivity index (χ4n) is 4.25. The Hall–Kier alpha value is -4.00. The second kappa shape index (κ2) is 9.65. The van der Waals surface area contributed by atoms with Crippen LogP contribution in [0.3, 0.4) is 0 Å². The number of rotatable bonds is 8. The number of amides is 1. The van der Waals surface area contributed by atoms with Gasteiger partial charge in [-0.25, -0.2) is 4.79 Å². The minimum atomic E-state index is -1.05. The van der Waals surface area contributed by atoms with Crippen molar-refractivity contribution in [2.45, 2.75) is 12.3 Å². The predicted octanol–water partition coefficient (Wildman–Crippen LogP) is 4.18. The maximum absolute atomic E-state index is 12.4. The van der Waals surface area contributed by atoms with Crippen LogP contribution in [0.1, 0.15) is 22.6 Å². The van der Waals surface area contributed by atoms with Gasteiger partial charge in [0.1, 0.15) is 6.61 Å². The lowest BCUT2D eigenvalue weighted by atomic mass is 9.98. The zero-order valence-corrected chi connectivity index (χ0v) is 18.2. The number of alkyl carbamates (subject to hydrolysis) is 1. The first-order valence-electron chi connectivity index (χ1n) is 10.7. The van der Waals surface area contributed by atoms with E-state index in [-0.39, 0.29) is 31.2 Å². The largest absolute Gasteiger partial charge is 0.504 e. The summed E-state index contributed by atoms with van der Waals surface area (Å²) in [6, 6.07) is 20.8. The van der Waals surface area contributed by atoms with E-state index in [2.05, 4.69) is 17.4 Å². The van der Waals surface area contributed by atoms with Crippen molar-refractivity contribution >= 4 is 12.1 Å². The first-order chi connectivity index (χ1) is 16.0. The Kier molecular flexibility index (Phi) is 6.49. The fourth-order valence-corrected chi connectivity index (χ4v) is 4.25. The van der Waals surface area contributed by atoms with E-state index in [0.717, 1.165) is 22.3 Å². The summed E-state index contributed by atoms with van der Waals surface area (Å²) in [4.78, 5) is 24.0. The Morgan fingerprint density at radius 3 is 2.21 bits per heavy atom. The van der Waals surface area contributed by atoms with Gasteiger partial charge in [0, 0.05) is 12.5 Å². The van der Waals surface area contributed by atoms with Gasteiger partial charge in [0.15, 0.2) is 11.5 Å². The van der Waals surface area contributed by atoms with Crippen LogP contribution >= 0.6 is 0 Å². The number of carboxylic acids is 1. The highest BCUT2D eigenvalue weighted by molar-refractivity contribution is 5.79. The van der Waals surface area contributed by atoms with Crippen molar-refractivity contribution < 1.29 is 29.3 Å². The molecule has 0 bridgehead atoms. The molecule has 0 saturated carbocycles. The number of hydrogen-bond acceptors (Lipinski definition) is 5. The van der Waals surface area contributed by atoms with Gasteiger partial charge in [0.2, 0.25) is 0 Å². The molecule has 1 amide bonds. The second-order valence-corrected chi connectivity index (χ2v) is 7.95. The number of ether oxygens (including phenoxy) is 2. The van der Waals surface area contributed by atoms with Gasteiger partial charge in [0.05, 0.1) is 13.0 Å². The number of carboxylic acid groups (broad SMARTS) is 1. The molecule has 0 aliphatic heterocycles. The Morgan fingerprint density at radius 2 is 1.64 bits per heavy atom. The number of nitrogens with one attached hydrogen (secondary N) is 1. The number of benzene rings is 3. The van der Waals surface area contributed by atoms with Crippen LogP contribution in [-0.4, -0.2) is 42.5 Å². The Morgan fingerprint density at radius 1 is 1.00 bits per heavy atom. The van der Waals surface area contributed by atoms with Crippen molar-refractivity contribution in [2.24, 2.45) is 5.92 Å². The van der Waals surface area contributed by atoms with Crippen LogP contribution in [0.4, 0.5) is 4.79 Å². The summed E-state index contributed by atoms with van der Waals surface area (Å²) in [7, 11) is 1.44. The van der Waals surface area contributed by atoms with Gasteiger partial charge in [0.25, 0.3) is 0 Å². The van der Waals surface area contributed by atoms with E-state index in [9.17, 15) is 19.8 Å². The zero-order chi connectivity index (χ0) is 23.4. The third-order valence-electron chi connectivity index (χ3n) is 5.91. The van der Waals surface area contributed by atoms with Crippen molar-refractivity contribution in [3.8, 4) is 22.6 Å². The Labute approximate surface area is 191 Å². The lowest BCUT2D eigenvalue weighted by Crippen LogP contribution is -2.35. The van der Waals surface area contributed by atoms with Crippen molar-refractivity contribution in [1.82, 2.24) is 5.32 Å². The summed E-state index contributed by atoms with van der Waals surface area (Å²) in [6.45, 7) is 0.0583. The third kappa shape index (κ3) is 4.77. The zero-order valence-electron chi connectivity index (χ0n) is 18.2. The monoisotopic (exact) mass is 447 g/mol. The number of phenolic OH excluding ortho intramolecular Hbond substituents is 1. The third-order valence-corrected chi connectivity index (χ3v) is 5.91. The molecule has 4 rings (SSSR count). The standard InChI is InChI=1S/C26H25NO6/c1-32-24-11-10-16(13-23(24)28)12-17(25(29)30)14-27-26(31)33-15-22-20-8-4-2-6-18(20)19-7-3-5-9-21(19)22/h2-11,13,17,22,28H,12,14-15H2,1H3,(H,27,31)(H,29,30). The molecule has 3 aromatic rings. The molecule has 1 aliphatic rings. The topological polar surface area (TPSA) is 105 Å². The van der Waals surface area contributed by atoms with E-state index in [4.69, 9.17) is 9.47 Å². The van der Waals surface area contributed by atoms with E-state index in [1.165, 1.54) is 13.2 Å².